The van der Waals surface area contributed by atoms with E-state index in [0.717, 1.165) is 11.0 Å². The van der Waals surface area contributed by atoms with Crippen molar-refractivity contribution in [2.24, 2.45) is 0 Å². The SMILES string of the molecule is O=C(Cn1cnc([N+](=O)[O-])n1)NCCO[N+](=O)[O-]. The van der Waals surface area contributed by atoms with Gasteiger partial charge in [0, 0.05) is 11.6 Å². The lowest BCUT2D eigenvalue weighted by Crippen LogP contribution is -2.31. The van der Waals surface area contributed by atoms with Gasteiger partial charge in [0.2, 0.25) is 12.2 Å². The quantitative estimate of drug-likeness (QED) is 0.353. The minimum atomic E-state index is -0.979. The Kier molecular flexibility index (Phi) is 4.48. The molecule has 1 aromatic rings. The van der Waals surface area contributed by atoms with Gasteiger partial charge in [-0.1, -0.05) is 4.98 Å². The van der Waals surface area contributed by atoms with E-state index >= 15 is 0 Å². The highest BCUT2D eigenvalue weighted by atomic mass is 16.9. The van der Waals surface area contributed by atoms with Crippen LogP contribution >= 0.6 is 0 Å². The summed E-state index contributed by atoms with van der Waals surface area (Å²) in [5, 5.41) is 24.8. The van der Waals surface area contributed by atoms with Crippen LogP contribution in [0.25, 0.3) is 0 Å². The highest BCUT2D eigenvalue weighted by Gasteiger charge is 2.14. The molecular weight excluding hydrogens is 252 g/mol. The van der Waals surface area contributed by atoms with E-state index in [1.165, 1.54) is 0 Å². The molecule has 18 heavy (non-hydrogen) atoms. The molecular formula is C6H8N6O6. The molecule has 0 atom stereocenters. The number of aromatic nitrogens is 3. The second-order valence-electron chi connectivity index (χ2n) is 2.91. The number of amides is 1. The Balaban J connectivity index is 2.31. The molecule has 0 spiro atoms. The smallest absolute Gasteiger partial charge is 0.390 e. The van der Waals surface area contributed by atoms with Crippen LogP contribution in [0.1, 0.15) is 0 Å². The summed E-state index contributed by atoms with van der Waals surface area (Å²) >= 11 is 0. The second kappa shape index (κ2) is 6.07. The van der Waals surface area contributed by atoms with Gasteiger partial charge in [0.1, 0.15) is 13.2 Å². The number of hydrogen-bond acceptors (Lipinski definition) is 8. The van der Waals surface area contributed by atoms with Crippen LogP contribution in [0.3, 0.4) is 0 Å². The Labute approximate surface area is 98.8 Å². The number of carbonyl (C=O) groups is 1. The first-order valence-electron chi connectivity index (χ1n) is 4.57. The van der Waals surface area contributed by atoms with Crippen molar-refractivity contribution < 1.29 is 19.6 Å². The van der Waals surface area contributed by atoms with Crippen LogP contribution in [0, 0.1) is 20.2 Å². The average molecular weight is 260 g/mol. The molecule has 12 nitrogen and oxygen atoms in total. The van der Waals surface area contributed by atoms with Gasteiger partial charge in [-0.2, -0.15) is 4.68 Å². The van der Waals surface area contributed by atoms with Crippen LogP contribution in [0.2, 0.25) is 0 Å². The van der Waals surface area contributed by atoms with Crippen LogP contribution in [-0.2, 0) is 16.2 Å². The molecule has 1 N–H and O–H groups in total. The molecule has 0 fully saturated rings. The molecule has 12 heteroatoms. The van der Waals surface area contributed by atoms with Crippen molar-refractivity contribution in [2.75, 3.05) is 13.2 Å². The minimum Gasteiger partial charge on any atom is -0.390 e. The molecule has 0 saturated heterocycles. The van der Waals surface area contributed by atoms with E-state index in [-0.39, 0.29) is 19.7 Å². The predicted molar refractivity (Wildman–Crippen MR) is 52.6 cm³/mol. The molecule has 0 unspecified atom stereocenters. The summed E-state index contributed by atoms with van der Waals surface area (Å²) < 4.78 is 0.974. The lowest BCUT2D eigenvalue weighted by atomic mass is 10.5. The number of hydrogen-bond donors (Lipinski definition) is 1. The molecule has 0 aliphatic carbocycles. The topological polar surface area (TPSA) is 155 Å². The molecule has 98 valence electrons. The molecule has 1 aromatic heterocycles. The van der Waals surface area contributed by atoms with E-state index in [1.807, 2.05) is 0 Å². The molecule has 0 aliphatic rings. The Morgan fingerprint density at radius 2 is 2.22 bits per heavy atom. The molecule has 1 amide bonds. The molecule has 0 bridgehead atoms. The van der Waals surface area contributed by atoms with Gasteiger partial charge in [0.05, 0.1) is 0 Å². The van der Waals surface area contributed by atoms with Crippen molar-refractivity contribution in [3.8, 4) is 0 Å². The fraction of sp³-hybridized carbons (Fsp3) is 0.500. The number of carbonyl (C=O) groups excluding carboxylic acids is 1. The van der Waals surface area contributed by atoms with E-state index in [0.29, 0.717) is 0 Å². The summed E-state index contributed by atoms with van der Waals surface area (Å²) in [5.74, 6) is -1.14. The van der Waals surface area contributed by atoms with E-state index < -0.39 is 21.9 Å². The van der Waals surface area contributed by atoms with E-state index in [4.69, 9.17) is 0 Å². The molecule has 1 heterocycles. The number of rotatable bonds is 7. The van der Waals surface area contributed by atoms with E-state index in [1.54, 1.807) is 0 Å². The highest BCUT2D eigenvalue weighted by molar-refractivity contribution is 5.75. The molecule has 1 rings (SSSR count). The standard InChI is InChI=1S/C6H8N6O6/c13-5(7-1-2-18-12(16)17)3-10-4-8-6(9-10)11(14)15/h4H,1-3H2,(H,7,13). The zero-order valence-electron chi connectivity index (χ0n) is 8.88. The number of nitrogens with zero attached hydrogens (tertiary/aromatic N) is 5. The predicted octanol–water partition coefficient (Wildman–Crippen LogP) is -1.49. The van der Waals surface area contributed by atoms with Crippen molar-refractivity contribution in [3.63, 3.8) is 0 Å². The van der Waals surface area contributed by atoms with Crippen LogP contribution in [0.15, 0.2) is 6.33 Å². The third-order valence-corrected chi connectivity index (χ3v) is 1.61. The van der Waals surface area contributed by atoms with Crippen molar-refractivity contribution in [3.05, 3.63) is 26.6 Å². The van der Waals surface area contributed by atoms with Crippen molar-refractivity contribution in [1.82, 2.24) is 20.1 Å². The molecule has 0 saturated carbocycles. The van der Waals surface area contributed by atoms with Crippen LogP contribution < -0.4 is 5.32 Å². The third kappa shape index (κ3) is 4.38. The zero-order valence-corrected chi connectivity index (χ0v) is 8.88. The Morgan fingerprint density at radius 3 is 2.78 bits per heavy atom. The summed E-state index contributed by atoms with van der Waals surface area (Å²) in [5.41, 5.74) is 0. The first-order valence-corrected chi connectivity index (χ1v) is 4.57. The summed E-state index contributed by atoms with van der Waals surface area (Å²) in [6, 6.07) is 0. The van der Waals surface area contributed by atoms with Gasteiger partial charge >= 0.3 is 5.95 Å². The Hall–Kier alpha value is -2.79. The van der Waals surface area contributed by atoms with Gasteiger partial charge in [-0.05, 0) is 4.92 Å². The van der Waals surface area contributed by atoms with Crippen molar-refractivity contribution in [1.29, 1.82) is 0 Å². The summed E-state index contributed by atoms with van der Waals surface area (Å²) in [4.78, 5) is 37.8. The number of nitrogens with one attached hydrogen (secondary N) is 1. The van der Waals surface area contributed by atoms with Gasteiger partial charge < -0.3 is 20.3 Å². The maximum Gasteiger partial charge on any atom is 0.490 e. The lowest BCUT2D eigenvalue weighted by Gasteiger charge is -2.02. The maximum atomic E-state index is 11.2. The van der Waals surface area contributed by atoms with Crippen LogP contribution in [0.4, 0.5) is 5.95 Å². The third-order valence-electron chi connectivity index (χ3n) is 1.61. The zero-order chi connectivity index (χ0) is 13.5. The van der Waals surface area contributed by atoms with Gasteiger partial charge in [-0.15, -0.1) is 10.1 Å². The van der Waals surface area contributed by atoms with Gasteiger partial charge in [0.15, 0.2) is 0 Å². The molecule has 0 aromatic carbocycles. The molecule has 0 aliphatic heterocycles. The van der Waals surface area contributed by atoms with Gasteiger partial charge in [-0.3, -0.25) is 4.79 Å². The Bertz CT molecular complexity index is 457. The van der Waals surface area contributed by atoms with Gasteiger partial charge in [0.25, 0.3) is 5.09 Å². The van der Waals surface area contributed by atoms with Crippen molar-refractivity contribution in [2.45, 2.75) is 6.54 Å². The largest absolute Gasteiger partial charge is 0.490 e. The average Bonchev–Trinajstić information content (AvgIpc) is 2.72. The highest BCUT2D eigenvalue weighted by Crippen LogP contribution is 1.98. The van der Waals surface area contributed by atoms with Gasteiger partial charge in [-0.25, -0.2) is 0 Å². The Morgan fingerprint density at radius 1 is 1.50 bits per heavy atom. The summed E-state index contributed by atoms with van der Waals surface area (Å²) in [7, 11) is 0. The summed E-state index contributed by atoms with van der Waals surface area (Å²) in [6.45, 7) is -0.619. The lowest BCUT2D eigenvalue weighted by molar-refractivity contribution is -0.757. The summed E-state index contributed by atoms with van der Waals surface area (Å²) in [6.07, 6.45) is 1.03. The molecule has 0 radical (unpaired) electrons. The number of nitro groups is 1. The van der Waals surface area contributed by atoms with E-state index in [9.17, 15) is 25.0 Å². The first kappa shape index (κ1) is 13.3. The fourth-order valence-corrected chi connectivity index (χ4v) is 0.958. The van der Waals surface area contributed by atoms with E-state index in [2.05, 4.69) is 20.2 Å². The minimum absolute atomic E-state index is 0.0589. The normalized spacial score (nSPS) is 9.78. The monoisotopic (exact) mass is 260 g/mol. The maximum absolute atomic E-state index is 11.2. The van der Waals surface area contributed by atoms with Crippen LogP contribution in [0.5, 0.6) is 0 Å². The first-order chi connectivity index (χ1) is 8.49. The van der Waals surface area contributed by atoms with Crippen LogP contribution in [-0.4, -0.2) is 43.8 Å². The second-order valence-corrected chi connectivity index (χ2v) is 2.91. The van der Waals surface area contributed by atoms with Crippen molar-refractivity contribution >= 4 is 11.9 Å². The fourth-order valence-electron chi connectivity index (χ4n) is 0.958.